The highest BCUT2D eigenvalue weighted by atomic mass is 16.5. The summed E-state index contributed by atoms with van der Waals surface area (Å²) in [4.78, 5) is 39.2. The summed E-state index contributed by atoms with van der Waals surface area (Å²) < 4.78 is 5.67. The summed E-state index contributed by atoms with van der Waals surface area (Å²) >= 11 is 0. The van der Waals surface area contributed by atoms with Gasteiger partial charge >= 0.3 is 12.1 Å². The van der Waals surface area contributed by atoms with Crippen molar-refractivity contribution >= 4 is 18.0 Å². The lowest BCUT2D eigenvalue weighted by molar-refractivity contribution is -0.143. The molecule has 1 unspecified atom stereocenters. The normalized spacial score (nSPS) is 23.0. The largest absolute Gasteiger partial charge is 0.481 e. The van der Waals surface area contributed by atoms with Gasteiger partial charge in [-0.05, 0) is 47.9 Å². The fourth-order valence-electron chi connectivity index (χ4n) is 6.34. The van der Waals surface area contributed by atoms with Gasteiger partial charge in [-0.1, -0.05) is 61.9 Å². The second-order valence-electron chi connectivity index (χ2n) is 9.94. The number of nitrogens with zero attached hydrogens (tertiary/aromatic N) is 1. The SMILES string of the molecule is CCCC(CC(=O)N1[C@@H]2CC[C@H]1[C@@H](C(=O)O)C2)NC(=O)OCC1c2ccccc2-c2ccccc21. The van der Waals surface area contributed by atoms with Crippen molar-refractivity contribution in [3.05, 3.63) is 59.7 Å². The van der Waals surface area contributed by atoms with E-state index >= 15 is 0 Å². The number of rotatable bonds is 8. The summed E-state index contributed by atoms with van der Waals surface area (Å²) in [6.07, 6.45) is 3.24. The predicted molar refractivity (Wildman–Crippen MR) is 131 cm³/mol. The van der Waals surface area contributed by atoms with Crippen LogP contribution in [-0.4, -0.2) is 52.7 Å². The number of carboxylic acids is 1. The molecule has 2 bridgehead atoms. The van der Waals surface area contributed by atoms with Gasteiger partial charge in [0.15, 0.2) is 0 Å². The van der Waals surface area contributed by atoms with Crippen molar-refractivity contribution in [1.29, 1.82) is 0 Å². The minimum absolute atomic E-state index is 0.00494. The minimum atomic E-state index is -0.822. The molecule has 3 aliphatic rings. The number of nitrogens with one attached hydrogen (secondary N) is 1. The zero-order valence-corrected chi connectivity index (χ0v) is 20.0. The Morgan fingerprint density at radius 2 is 1.71 bits per heavy atom. The molecule has 2 N–H and O–H groups in total. The van der Waals surface area contributed by atoms with Gasteiger partial charge in [0, 0.05) is 30.5 Å². The number of carboxylic acid groups (broad SMARTS) is 1. The second kappa shape index (κ2) is 9.72. The number of hydrogen-bond acceptors (Lipinski definition) is 4. The Bertz CT molecular complexity index is 1090. The maximum atomic E-state index is 13.1. The Morgan fingerprint density at radius 1 is 1.06 bits per heavy atom. The lowest BCUT2D eigenvalue weighted by Gasteiger charge is -2.26. The van der Waals surface area contributed by atoms with Crippen LogP contribution < -0.4 is 5.32 Å². The van der Waals surface area contributed by atoms with Gasteiger partial charge in [-0.2, -0.15) is 0 Å². The molecule has 184 valence electrons. The van der Waals surface area contributed by atoms with E-state index in [4.69, 9.17) is 4.74 Å². The Morgan fingerprint density at radius 3 is 2.31 bits per heavy atom. The topological polar surface area (TPSA) is 95.9 Å². The van der Waals surface area contributed by atoms with Crippen molar-refractivity contribution in [2.45, 2.75) is 69.5 Å². The van der Waals surface area contributed by atoms with Crippen LogP contribution in [0.4, 0.5) is 4.79 Å². The molecule has 0 saturated carbocycles. The molecule has 7 nitrogen and oxygen atoms in total. The van der Waals surface area contributed by atoms with Gasteiger partial charge < -0.3 is 20.1 Å². The molecule has 5 rings (SSSR count). The van der Waals surface area contributed by atoms with Crippen molar-refractivity contribution in [1.82, 2.24) is 10.2 Å². The van der Waals surface area contributed by atoms with Crippen LogP contribution in [0.3, 0.4) is 0 Å². The van der Waals surface area contributed by atoms with E-state index in [1.165, 1.54) is 11.1 Å². The third-order valence-electron chi connectivity index (χ3n) is 7.87. The maximum Gasteiger partial charge on any atom is 0.407 e. The van der Waals surface area contributed by atoms with Crippen molar-refractivity contribution in [3.63, 3.8) is 0 Å². The Kier molecular flexibility index (Phi) is 6.50. The molecule has 0 radical (unpaired) electrons. The summed E-state index contributed by atoms with van der Waals surface area (Å²) in [6.45, 7) is 2.24. The number of amides is 2. The fourth-order valence-corrected chi connectivity index (χ4v) is 6.34. The average molecular weight is 477 g/mol. The van der Waals surface area contributed by atoms with Gasteiger partial charge in [-0.15, -0.1) is 0 Å². The van der Waals surface area contributed by atoms with E-state index in [0.717, 1.165) is 30.4 Å². The van der Waals surface area contributed by atoms with Gasteiger partial charge in [-0.3, -0.25) is 9.59 Å². The van der Waals surface area contributed by atoms with Gasteiger partial charge in [0.2, 0.25) is 5.91 Å². The lowest BCUT2D eigenvalue weighted by atomic mass is 9.89. The van der Waals surface area contributed by atoms with Crippen LogP contribution >= 0.6 is 0 Å². The first-order valence-corrected chi connectivity index (χ1v) is 12.6. The fraction of sp³-hybridized carbons (Fsp3) is 0.464. The molecule has 2 saturated heterocycles. The number of ether oxygens (including phenoxy) is 1. The number of carbonyl (C=O) groups is 3. The molecule has 2 fully saturated rings. The predicted octanol–water partition coefficient (Wildman–Crippen LogP) is 4.55. The summed E-state index contributed by atoms with van der Waals surface area (Å²) in [7, 11) is 0. The van der Waals surface area contributed by atoms with Crippen molar-refractivity contribution in [3.8, 4) is 11.1 Å². The van der Waals surface area contributed by atoms with Gasteiger partial charge in [-0.25, -0.2) is 4.79 Å². The van der Waals surface area contributed by atoms with Gasteiger partial charge in [0.25, 0.3) is 0 Å². The van der Waals surface area contributed by atoms with E-state index in [9.17, 15) is 19.5 Å². The zero-order valence-electron chi connectivity index (χ0n) is 20.0. The van der Waals surface area contributed by atoms with Gasteiger partial charge in [0.05, 0.1) is 5.92 Å². The first kappa shape index (κ1) is 23.4. The molecule has 2 aromatic rings. The van der Waals surface area contributed by atoms with Crippen LogP contribution in [0.1, 0.15) is 62.5 Å². The first-order chi connectivity index (χ1) is 17.0. The molecule has 0 aromatic heterocycles. The number of benzene rings is 2. The number of aliphatic carboxylic acids is 1. The molecule has 1 aliphatic carbocycles. The molecule has 2 heterocycles. The highest BCUT2D eigenvalue weighted by molar-refractivity contribution is 5.82. The van der Waals surface area contributed by atoms with Crippen molar-refractivity contribution in [2.24, 2.45) is 5.92 Å². The smallest absolute Gasteiger partial charge is 0.407 e. The molecule has 2 aliphatic heterocycles. The lowest BCUT2D eigenvalue weighted by Crippen LogP contribution is -2.43. The molecule has 0 spiro atoms. The average Bonchev–Trinajstić information content (AvgIpc) is 3.53. The highest BCUT2D eigenvalue weighted by Crippen LogP contribution is 2.45. The second-order valence-corrected chi connectivity index (χ2v) is 9.94. The van der Waals surface area contributed by atoms with E-state index in [-0.39, 0.29) is 43.0 Å². The molecule has 35 heavy (non-hydrogen) atoms. The third-order valence-corrected chi connectivity index (χ3v) is 7.87. The summed E-state index contributed by atoms with van der Waals surface area (Å²) in [6, 6.07) is 15.8. The highest BCUT2D eigenvalue weighted by Gasteiger charge is 2.51. The molecular formula is C28H32N2O5. The number of alkyl carbamates (subject to hydrolysis) is 1. The minimum Gasteiger partial charge on any atom is -0.481 e. The summed E-state index contributed by atoms with van der Waals surface area (Å²) in [5.41, 5.74) is 4.65. The Labute approximate surface area is 205 Å². The maximum absolute atomic E-state index is 13.1. The number of fused-ring (bicyclic) bond motifs is 5. The summed E-state index contributed by atoms with van der Waals surface area (Å²) in [5, 5.41) is 12.4. The van der Waals surface area contributed by atoms with Gasteiger partial charge in [0.1, 0.15) is 6.61 Å². The van der Waals surface area contributed by atoms with E-state index in [0.29, 0.717) is 12.8 Å². The Hall–Kier alpha value is -3.35. The molecule has 2 aromatic carbocycles. The number of hydrogen-bond donors (Lipinski definition) is 2. The standard InChI is InChI=1S/C28H32N2O5/c1-2-7-17(14-26(31)30-18-12-13-25(30)23(15-18)27(32)33)29-28(34)35-16-24-21-10-5-3-8-19(21)20-9-4-6-11-22(20)24/h3-6,8-11,17-18,23-25H,2,7,12-16H2,1H3,(H,29,34)(H,32,33)/t17?,18-,23+,25+/m1/s1. The van der Waals surface area contributed by atoms with Crippen molar-refractivity contribution in [2.75, 3.05) is 6.61 Å². The number of carbonyl (C=O) groups excluding carboxylic acids is 2. The van der Waals surface area contributed by atoms with E-state index < -0.39 is 18.0 Å². The molecular weight excluding hydrogens is 444 g/mol. The molecule has 4 atom stereocenters. The van der Waals surface area contributed by atoms with Crippen LogP contribution in [0, 0.1) is 5.92 Å². The van der Waals surface area contributed by atoms with E-state index in [2.05, 4.69) is 29.6 Å². The molecule has 2 amide bonds. The Balaban J connectivity index is 1.20. The zero-order chi connectivity index (χ0) is 24.5. The first-order valence-electron chi connectivity index (χ1n) is 12.6. The van der Waals surface area contributed by atoms with Crippen LogP contribution in [0.5, 0.6) is 0 Å². The van der Waals surface area contributed by atoms with Crippen LogP contribution in [0.15, 0.2) is 48.5 Å². The van der Waals surface area contributed by atoms with Crippen LogP contribution in [-0.2, 0) is 14.3 Å². The van der Waals surface area contributed by atoms with Crippen LogP contribution in [0.25, 0.3) is 11.1 Å². The quantitative estimate of drug-likeness (QED) is 0.583. The van der Waals surface area contributed by atoms with Crippen LogP contribution in [0.2, 0.25) is 0 Å². The monoisotopic (exact) mass is 476 g/mol. The third kappa shape index (κ3) is 4.40. The van der Waals surface area contributed by atoms with Crippen molar-refractivity contribution < 1.29 is 24.2 Å². The summed E-state index contributed by atoms with van der Waals surface area (Å²) in [5.74, 6) is -1.39. The van der Waals surface area contributed by atoms with E-state index in [1.807, 2.05) is 31.2 Å². The van der Waals surface area contributed by atoms with E-state index in [1.54, 1.807) is 4.90 Å². The molecule has 7 heteroatoms.